The summed E-state index contributed by atoms with van der Waals surface area (Å²) in [6.45, 7) is 0. The van der Waals surface area contributed by atoms with Crippen molar-refractivity contribution in [3.8, 4) is 12.5 Å². The number of rotatable bonds is 0. The third-order valence-corrected chi connectivity index (χ3v) is 0.413. The molecule has 0 unspecified atom stereocenters. The molecule has 0 radical (unpaired) electrons. The van der Waals surface area contributed by atoms with Crippen molar-refractivity contribution in [1.29, 1.82) is 0 Å². The summed E-state index contributed by atoms with van der Waals surface area (Å²) in [5.41, 5.74) is 0. The van der Waals surface area contributed by atoms with E-state index in [-0.39, 0.29) is 6.03 Å². The smallest absolute Gasteiger partial charge is 0.326 e. The lowest BCUT2D eigenvalue weighted by Gasteiger charge is -1.90. The Labute approximate surface area is 42.1 Å². The number of carbonyl (C=O) groups excluding carboxylic acids is 1. The van der Waals surface area contributed by atoms with Crippen LogP contribution in [0.25, 0.3) is 0 Å². The Morgan fingerprint density at radius 1 is 1.86 bits per heavy atom. The van der Waals surface area contributed by atoms with Gasteiger partial charge in [-0.1, -0.05) is 6.42 Å². The molecule has 0 spiro atoms. The Morgan fingerprint density at radius 3 is 2.57 bits per heavy atom. The molecule has 0 aromatic rings. The van der Waals surface area contributed by atoms with Crippen molar-refractivity contribution in [2.75, 3.05) is 7.05 Å². The zero-order valence-electron chi connectivity index (χ0n) is 3.99. The molecule has 7 heavy (non-hydrogen) atoms. The molecule has 3 nitrogen and oxygen atoms in total. The fraction of sp³-hybridized carbons (Fsp3) is 0.250. The first-order chi connectivity index (χ1) is 3.31. The predicted molar refractivity (Wildman–Crippen MR) is 26.4 cm³/mol. The van der Waals surface area contributed by atoms with Crippen LogP contribution in [-0.4, -0.2) is 13.1 Å². The molecule has 0 saturated carbocycles. The van der Waals surface area contributed by atoms with Gasteiger partial charge in [0.25, 0.3) is 0 Å². The first-order valence-corrected chi connectivity index (χ1v) is 1.74. The van der Waals surface area contributed by atoms with Crippen LogP contribution in [0.2, 0.25) is 0 Å². The summed E-state index contributed by atoms with van der Waals surface area (Å²) in [5, 5.41) is 4.35. The van der Waals surface area contributed by atoms with Crippen LogP contribution >= 0.6 is 0 Å². The van der Waals surface area contributed by atoms with E-state index in [0.29, 0.717) is 0 Å². The average Bonchev–Trinajstić information content (AvgIpc) is 1.68. The number of hydrogen-bond donors (Lipinski definition) is 2. The molecule has 0 aliphatic rings. The Balaban J connectivity index is 3.23. The van der Waals surface area contributed by atoms with Gasteiger partial charge in [0, 0.05) is 13.1 Å². The minimum absolute atomic E-state index is 0.359. The molecule has 0 aliphatic carbocycles. The molecular formula is C4H6N2O. The van der Waals surface area contributed by atoms with Crippen LogP contribution in [0, 0.1) is 12.5 Å². The lowest BCUT2D eigenvalue weighted by atomic mass is 10.9. The number of carbonyl (C=O) groups is 1. The van der Waals surface area contributed by atoms with Gasteiger partial charge in [0.15, 0.2) is 0 Å². The maximum Gasteiger partial charge on any atom is 0.326 e. The quantitative estimate of drug-likeness (QED) is 0.311. The Hall–Kier alpha value is -1.17. The molecule has 0 aliphatic heterocycles. The molecule has 0 fully saturated rings. The van der Waals surface area contributed by atoms with E-state index in [9.17, 15) is 4.79 Å². The standard InChI is InChI=1S/C4H6N2O/c1-3-6-4(7)5-2/h1H,2H3,(H2,5,6,7). The molecule has 0 atom stereocenters. The Morgan fingerprint density at radius 2 is 2.43 bits per heavy atom. The minimum atomic E-state index is -0.359. The van der Waals surface area contributed by atoms with Gasteiger partial charge in [-0.2, -0.15) is 0 Å². The van der Waals surface area contributed by atoms with E-state index in [4.69, 9.17) is 0 Å². The van der Waals surface area contributed by atoms with Crippen molar-refractivity contribution >= 4 is 6.03 Å². The number of urea groups is 1. The van der Waals surface area contributed by atoms with E-state index in [1.54, 1.807) is 0 Å². The van der Waals surface area contributed by atoms with Gasteiger partial charge >= 0.3 is 6.03 Å². The zero-order chi connectivity index (χ0) is 5.70. The normalized spacial score (nSPS) is 6.29. The molecule has 0 rings (SSSR count). The van der Waals surface area contributed by atoms with Gasteiger partial charge < -0.3 is 5.32 Å². The second-order valence-corrected chi connectivity index (χ2v) is 0.848. The van der Waals surface area contributed by atoms with Crippen molar-refractivity contribution in [2.24, 2.45) is 0 Å². The first kappa shape index (κ1) is 5.83. The van der Waals surface area contributed by atoms with E-state index in [1.807, 2.05) is 6.04 Å². The van der Waals surface area contributed by atoms with Crippen molar-refractivity contribution in [1.82, 2.24) is 10.6 Å². The summed E-state index contributed by atoms with van der Waals surface area (Å²) in [6.07, 6.45) is 4.68. The number of amides is 2. The van der Waals surface area contributed by atoms with Gasteiger partial charge in [0.05, 0.1) is 0 Å². The van der Waals surface area contributed by atoms with Crippen LogP contribution in [0.4, 0.5) is 4.79 Å². The Bertz CT molecular complexity index is 103. The van der Waals surface area contributed by atoms with Crippen molar-refractivity contribution in [3.05, 3.63) is 0 Å². The first-order valence-electron chi connectivity index (χ1n) is 1.74. The highest BCUT2D eigenvalue weighted by atomic mass is 16.2. The van der Waals surface area contributed by atoms with Crippen LogP contribution in [0.1, 0.15) is 0 Å². The van der Waals surface area contributed by atoms with Crippen molar-refractivity contribution < 1.29 is 4.79 Å². The highest BCUT2D eigenvalue weighted by Gasteiger charge is 1.84. The fourth-order valence-corrected chi connectivity index (χ4v) is 0.128. The zero-order valence-corrected chi connectivity index (χ0v) is 3.99. The molecule has 0 saturated heterocycles. The maximum absolute atomic E-state index is 10.0. The largest absolute Gasteiger partial charge is 0.340 e. The van der Waals surface area contributed by atoms with E-state index >= 15 is 0 Å². The monoisotopic (exact) mass is 98.0 g/mol. The summed E-state index contributed by atoms with van der Waals surface area (Å²) in [5.74, 6) is 0. The second kappa shape index (κ2) is 3.04. The summed E-state index contributed by atoms with van der Waals surface area (Å²) in [7, 11) is 1.49. The molecule has 0 heterocycles. The molecule has 2 N–H and O–H groups in total. The number of terminal acetylenes is 1. The molecule has 3 heteroatoms. The molecule has 0 aromatic heterocycles. The molecule has 0 aromatic carbocycles. The maximum atomic E-state index is 10.0. The summed E-state index contributed by atoms with van der Waals surface area (Å²) in [6, 6.07) is 1.60. The average molecular weight is 98.1 g/mol. The Kier molecular flexibility index (Phi) is 2.53. The molecule has 38 valence electrons. The van der Waals surface area contributed by atoms with E-state index in [1.165, 1.54) is 7.05 Å². The van der Waals surface area contributed by atoms with Crippen LogP contribution < -0.4 is 10.6 Å². The van der Waals surface area contributed by atoms with E-state index in [0.717, 1.165) is 0 Å². The molecule has 0 bridgehead atoms. The van der Waals surface area contributed by atoms with Gasteiger partial charge in [0.1, 0.15) is 0 Å². The third-order valence-electron chi connectivity index (χ3n) is 0.413. The second-order valence-electron chi connectivity index (χ2n) is 0.848. The van der Waals surface area contributed by atoms with E-state index < -0.39 is 0 Å². The van der Waals surface area contributed by atoms with Crippen molar-refractivity contribution in [3.63, 3.8) is 0 Å². The lowest BCUT2D eigenvalue weighted by Crippen LogP contribution is -2.28. The summed E-state index contributed by atoms with van der Waals surface area (Å²) >= 11 is 0. The van der Waals surface area contributed by atoms with Crippen LogP contribution in [-0.2, 0) is 0 Å². The van der Waals surface area contributed by atoms with E-state index in [2.05, 4.69) is 17.1 Å². The number of nitrogens with one attached hydrogen (secondary N) is 2. The van der Waals surface area contributed by atoms with Gasteiger partial charge in [0.2, 0.25) is 0 Å². The molecular weight excluding hydrogens is 92.1 g/mol. The summed E-state index contributed by atoms with van der Waals surface area (Å²) < 4.78 is 0. The van der Waals surface area contributed by atoms with Gasteiger partial charge in [-0.25, -0.2) is 4.79 Å². The minimum Gasteiger partial charge on any atom is -0.340 e. The fourth-order valence-electron chi connectivity index (χ4n) is 0.128. The van der Waals surface area contributed by atoms with Gasteiger partial charge in [-0.05, 0) is 0 Å². The van der Waals surface area contributed by atoms with Gasteiger partial charge in [-0.3, -0.25) is 5.32 Å². The van der Waals surface area contributed by atoms with Crippen LogP contribution in [0.15, 0.2) is 0 Å². The predicted octanol–water partition coefficient (Wildman–Crippen LogP) is -0.494. The topological polar surface area (TPSA) is 41.1 Å². The van der Waals surface area contributed by atoms with Crippen molar-refractivity contribution in [2.45, 2.75) is 0 Å². The highest BCUT2D eigenvalue weighted by Crippen LogP contribution is 1.51. The van der Waals surface area contributed by atoms with Crippen LogP contribution in [0.5, 0.6) is 0 Å². The highest BCUT2D eigenvalue weighted by molar-refractivity contribution is 5.75. The summed E-state index contributed by atoms with van der Waals surface area (Å²) in [4.78, 5) is 10.0. The third kappa shape index (κ3) is 2.64. The van der Waals surface area contributed by atoms with Crippen LogP contribution in [0.3, 0.4) is 0 Å². The number of hydrogen-bond acceptors (Lipinski definition) is 1. The SMILES string of the molecule is C#CNC(=O)NC. The molecule has 2 amide bonds. The lowest BCUT2D eigenvalue weighted by molar-refractivity contribution is 0.246. The van der Waals surface area contributed by atoms with Gasteiger partial charge in [-0.15, -0.1) is 0 Å².